The monoisotopic (exact) mass is 418 g/mol. The van der Waals surface area contributed by atoms with Crippen LogP contribution in [0.5, 0.6) is 5.75 Å². The van der Waals surface area contributed by atoms with Gasteiger partial charge in [-0.15, -0.1) is 0 Å². The average molecular weight is 419 g/mol. The van der Waals surface area contributed by atoms with Gasteiger partial charge < -0.3 is 14.5 Å². The Morgan fingerprint density at radius 3 is 2.74 bits per heavy atom. The van der Waals surface area contributed by atoms with Crippen molar-refractivity contribution in [3.63, 3.8) is 0 Å². The molecule has 0 aliphatic heterocycles. The first-order valence-corrected chi connectivity index (χ1v) is 10.1. The lowest BCUT2D eigenvalue weighted by atomic mass is 10.1. The highest BCUT2D eigenvalue weighted by molar-refractivity contribution is 5.93. The van der Waals surface area contributed by atoms with Crippen LogP contribution in [0.15, 0.2) is 61.2 Å². The Kier molecular flexibility index (Phi) is 5.99. The molecule has 0 aliphatic carbocycles. The normalized spacial score (nSPS) is 11.2. The molecule has 1 N–H and O–H groups in total. The van der Waals surface area contributed by atoms with Gasteiger partial charge in [0.15, 0.2) is 0 Å². The van der Waals surface area contributed by atoms with E-state index in [0.29, 0.717) is 18.8 Å². The van der Waals surface area contributed by atoms with Crippen molar-refractivity contribution in [2.24, 2.45) is 0 Å². The topological polar surface area (TPSA) is 78.8 Å². The maximum absolute atomic E-state index is 13.6. The van der Waals surface area contributed by atoms with Crippen LogP contribution in [0.1, 0.15) is 16.1 Å². The number of nitrogens with one attached hydrogen (secondary N) is 1. The third-order valence-electron chi connectivity index (χ3n) is 5.17. The zero-order valence-electron chi connectivity index (χ0n) is 17.9. The van der Waals surface area contributed by atoms with Crippen molar-refractivity contribution in [2.75, 3.05) is 34.3 Å². The first-order valence-electron chi connectivity index (χ1n) is 10.1. The maximum atomic E-state index is 13.6. The molecule has 1 amide bonds. The molecular weight excluding hydrogens is 392 g/mol. The molecule has 0 spiro atoms. The molecule has 0 unspecified atom stereocenters. The summed E-state index contributed by atoms with van der Waals surface area (Å²) in [6.45, 7) is 1.84. The number of imidazole rings is 1. The minimum Gasteiger partial charge on any atom is -0.497 e. The molecule has 0 fully saturated rings. The Morgan fingerprint density at radius 2 is 2.00 bits per heavy atom. The number of likely N-dealkylation sites (N-methyl/N-ethyl adjacent to an activating group) is 1. The molecule has 0 atom stereocenters. The summed E-state index contributed by atoms with van der Waals surface area (Å²) in [4.78, 5) is 21.9. The number of methoxy groups -OCH3 is 1. The second-order valence-electron chi connectivity index (χ2n) is 7.66. The fourth-order valence-corrected chi connectivity index (χ4v) is 3.44. The zero-order chi connectivity index (χ0) is 21.8. The predicted octanol–water partition coefficient (Wildman–Crippen LogP) is 2.94. The molecule has 4 aromatic rings. The fraction of sp³-hybridized carbons (Fsp3) is 0.261. The quantitative estimate of drug-likeness (QED) is 0.476. The summed E-state index contributed by atoms with van der Waals surface area (Å²) in [6.07, 6.45) is 7.15. The van der Waals surface area contributed by atoms with E-state index in [9.17, 15) is 4.79 Å². The highest BCUT2D eigenvalue weighted by Crippen LogP contribution is 2.21. The molecule has 1 aromatic carbocycles. The van der Waals surface area contributed by atoms with Gasteiger partial charge in [-0.05, 0) is 43.9 Å². The molecule has 31 heavy (non-hydrogen) atoms. The molecule has 4 rings (SSSR count). The summed E-state index contributed by atoms with van der Waals surface area (Å²) in [7, 11) is 5.64. The van der Waals surface area contributed by atoms with Gasteiger partial charge in [0.2, 0.25) is 0 Å². The van der Waals surface area contributed by atoms with Gasteiger partial charge in [0, 0.05) is 43.2 Å². The number of carbonyl (C=O) groups excluding carboxylic acids is 1. The number of benzene rings is 1. The van der Waals surface area contributed by atoms with E-state index in [1.54, 1.807) is 19.5 Å². The van der Waals surface area contributed by atoms with Gasteiger partial charge in [-0.2, -0.15) is 5.10 Å². The zero-order valence-corrected chi connectivity index (χ0v) is 17.9. The Bertz CT molecular complexity index is 1170. The first-order chi connectivity index (χ1) is 15.0. The Balaban J connectivity index is 1.66. The SMILES string of the molecule is COc1cccc(CN(CCN(C)C)C(=O)c2cnc3ccc(-c4cn[nH]c4)cn23)c1. The number of nitrogens with zero attached hydrogens (tertiary/aromatic N) is 5. The number of amides is 1. The lowest BCUT2D eigenvalue weighted by Gasteiger charge is -2.24. The van der Waals surface area contributed by atoms with E-state index in [-0.39, 0.29) is 5.91 Å². The number of fused-ring (bicyclic) bond motifs is 1. The number of rotatable bonds is 8. The molecule has 0 saturated carbocycles. The highest BCUT2D eigenvalue weighted by Gasteiger charge is 2.21. The average Bonchev–Trinajstić information content (AvgIpc) is 3.45. The van der Waals surface area contributed by atoms with Gasteiger partial charge in [0.25, 0.3) is 5.91 Å². The van der Waals surface area contributed by atoms with Crippen LogP contribution in [0.25, 0.3) is 16.8 Å². The first kappa shape index (κ1) is 20.6. The van der Waals surface area contributed by atoms with Gasteiger partial charge in [-0.3, -0.25) is 14.3 Å². The fourth-order valence-electron chi connectivity index (χ4n) is 3.44. The van der Waals surface area contributed by atoms with Crippen molar-refractivity contribution in [1.29, 1.82) is 0 Å². The molecule has 0 bridgehead atoms. The van der Waals surface area contributed by atoms with Crippen molar-refractivity contribution in [2.45, 2.75) is 6.54 Å². The van der Waals surface area contributed by atoms with E-state index in [1.807, 2.05) is 72.2 Å². The number of H-pyrrole nitrogens is 1. The number of ether oxygens (including phenoxy) is 1. The third-order valence-corrected chi connectivity index (χ3v) is 5.17. The standard InChI is InChI=1S/C23H26N6O2/c1-27(2)9-10-28(15-17-5-4-6-20(11-17)31-3)23(30)21-14-24-22-8-7-18(16-29(21)22)19-12-25-26-13-19/h4-8,11-14,16H,9-10,15H2,1-3H3,(H,25,26). The van der Waals surface area contributed by atoms with E-state index in [1.165, 1.54) is 0 Å². The van der Waals surface area contributed by atoms with Gasteiger partial charge in [0.05, 0.1) is 19.5 Å². The maximum Gasteiger partial charge on any atom is 0.272 e. The van der Waals surface area contributed by atoms with Crippen molar-refractivity contribution in [3.8, 4) is 16.9 Å². The molecular formula is C23H26N6O2. The minimum absolute atomic E-state index is 0.0680. The molecule has 0 radical (unpaired) electrons. The van der Waals surface area contributed by atoms with Crippen molar-refractivity contribution in [3.05, 3.63) is 72.4 Å². The summed E-state index contributed by atoms with van der Waals surface area (Å²) in [5.41, 5.74) is 4.18. The summed E-state index contributed by atoms with van der Waals surface area (Å²) in [5.74, 6) is 0.707. The van der Waals surface area contributed by atoms with Gasteiger partial charge in [0.1, 0.15) is 17.1 Å². The summed E-state index contributed by atoms with van der Waals surface area (Å²) >= 11 is 0. The van der Waals surface area contributed by atoms with Crippen molar-refractivity contribution in [1.82, 2.24) is 29.4 Å². The van der Waals surface area contributed by atoms with Gasteiger partial charge in [-0.25, -0.2) is 4.98 Å². The molecule has 8 heteroatoms. The summed E-state index contributed by atoms with van der Waals surface area (Å²) in [6, 6.07) is 11.7. The second-order valence-corrected chi connectivity index (χ2v) is 7.66. The van der Waals surface area contributed by atoms with Crippen LogP contribution in [0.4, 0.5) is 0 Å². The molecule has 160 valence electrons. The molecule has 3 aromatic heterocycles. The van der Waals surface area contributed by atoms with E-state index >= 15 is 0 Å². The van der Waals surface area contributed by atoms with Gasteiger partial charge >= 0.3 is 0 Å². The van der Waals surface area contributed by atoms with E-state index < -0.39 is 0 Å². The van der Waals surface area contributed by atoms with E-state index in [4.69, 9.17) is 4.74 Å². The summed E-state index contributed by atoms with van der Waals surface area (Å²) in [5, 5.41) is 6.84. The lowest BCUT2D eigenvalue weighted by molar-refractivity contribution is 0.0725. The summed E-state index contributed by atoms with van der Waals surface area (Å²) < 4.78 is 7.19. The van der Waals surface area contributed by atoms with Crippen LogP contribution in [0, 0.1) is 0 Å². The number of hydrogen-bond donors (Lipinski definition) is 1. The van der Waals surface area contributed by atoms with Crippen LogP contribution < -0.4 is 4.74 Å². The van der Waals surface area contributed by atoms with Crippen LogP contribution >= 0.6 is 0 Å². The molecule has 3 heterocycles. The van der Waals surface area contributed by atoms with Crippen LogP contribution in [0.2, 0.25) is 0 Å². The highest BCUT2D eigenvalue weighted by atomic mass is 16.5. The van der Waals surface area contributed by atoms with Crippen LogP contribution in [0.3, 0.4) is 0 Å². The molecule has 0 aliphatic rings. The van der Waals surface area contributed by atoms with Crippen LogP contribution in [-0.2, 0) is 6.54 Å². The minimum atomic E-state index is -0.0680. The molecule has 8 nitrogen and oxygen atoms in total. The number of carbonyl (C=O) groups is 1. The number of hydrogen-bond acceptors (Lipinski definition) is 5. The number of aromatic nitrogens is 4. The Labute approximate surface area is 181 Å². The second kappa shape index (κ2) is 9.01. The van der Waals surface area contributed by atoms with Crippen molar-refractivity contribution < 1.29 is 9.53 Å². The third kappa shape index (κ3) is 4.59. The smallest absolute Gasteiger partial charge is 0.272 e. The largest absolute Gasteiger partial charge is 0.497 e. The van der Waals surface area contributed by atoms with Crippen LogP contribution in [-0.4, -0.2) is 69.6 Å². The van der Waals surface area contributed by atoms with E-state index in [2.05, 4.69) is 20.1 Å². The predicted molar refractivity (Wildman–Crippen MR) is 119 cm³/mol. The lowest BCUT2D eigenvalue weighted by Crippen LogP contribution is -2.36. The number of pyridine rings is 1. The number of aromatic amines is 1. The van der Waals surface area contributed by atoms with Crippen molar-refractivity contribution >= 4 is 11.6 Å². The molecule has 0 saturated heterocycles. The Hall–Kier alpha value is -3.65. The van der Waals surface area contributed by atoms with E-state index in [0.717, 1.165) is 34.6 Å². The van der Waals surface area contributed by atoms with Gasteiger partial charge in [-0.1, -0.05) is 12.1 Å². The Morgan fingerprint density at radius 1 is 1.13 bits per heavy atom.